The zero-order valence-electron chi connectivity index (χ0n) is 29.0. The van der Waals surface area contributed by atoms with Crippen molar-refractivity contribution in [1.82, 2.24) is 26.2 Å². The van der Waals surface area contributed by atoms with Gasteiger partial charge in [-0.15, -0.1) is 0 Å². The molecule has 4 N–H and O–H groups in total. The molecule has 1 heterocycles. The molecule has 2 aromatic rings. The monoisotopic (exact) mass is 640 g/mol. The maximum atomic E-state index is 11.7. The Balaban J connectivity index is 0.000000745. The van der Waals surface area contributed by atoms with Crippen LogP contribution in [0.3, 0.4) is 0 Å². The molecule has 11 heteroatoms. The highest BCUT2D eigenvalue weighted by Gasteiger charge is 2.16. The standard InChI is InChI=1S/C15H19N3O4.C13H19N3O.C4H10.C3H8/c1-10(19)8-16-14(21)11(2)18-13(20)9-17-15(22)12-6-4-3-5-7-12;1-15-5-7-16(8-6-15)13-4-2-3-12(9-13)10-14-11-17;1-4(2)3;1-3-2/h3-7,11H,8-9H2,1-2H3,(H,16,21)(H,17,22)(H,18,20);2-4,9,11H,5-8,10H2,1H3,(H,14,17);4H,1-3H3;3H2,1-2H3/t11-;;;/m0.../s1. The topological polar surface area (TPSA) is 140 Å². The summed E-state index contributed by atoms with van der Waals surface area (Å²) in [4.78, 5) is 60.7. The van der Waals surface area contributed by atoms with Crippen molar-refractivity contribution >= 4 is 35.6 Å². The Morgan fingerprint density at radius 1 is 0.848 bits per heavy atom. The molecule has 0 aliphatic carbocycles. The van der Waals surface area contributed by atoms with E-state index in [9.17, 15) is 24.0 Å². The van der Waals surface area contributed by atoms with Gasteiger partial charge in [0.25, 0.3) is 5.91 Å². The van der Waals surface area contributed by atoms with Crippen LogP contribution >= 0.6 is 0 Å². The predicted octanol–water partition coefficient (Wildman–Crippen LogP) is 3.39. The molecule has 1 aliphatic rings. The molecule has 11 nitrogen and oxygen atoms in total. The summed E-state index contributed by atoms with van der Waals surface area (Å²) >= 11 is 0. The molecule has 256 valence electrons. The van der Waals surface area contributed by atoms with Crippen molar-refractivity contribution < 1.29 is 24.0 Å². The van der Waals surface area contributed by atoms with E-state index in [0.717, 1.165) is 44.1 Å². The van der Waals surface area contributed by atoms with Gasteiger partial charge in [0.05, 0.1) is 13.1 Å². The van der Waals surface area contributed by atoms with Gasteiger partial charge in [0.15, 0.2) is 0 Å². The minimum absolute atomic E-state index is 0.0796. The second-order valence-corrected chi connectivity index (χ2v) is 11.7. The van der Waals surface area contributed by atoms with E-state index in [-0.39, 0.29) is 24.8 Å². The van der Waals surface area contributed by atoms with Crippen LogP contribution in [-0.2, 0) is 25.7 Å². The van der Waals surface area contributed by atoms with Crippen LogP contribution in [0.5, 0.6) is 0 Å². The lowest BCUT2D eigenvalue weighted by atomic mass is 10.1. The maximum Gasteiger partial charge on any atom is 0.251 e. The molecule has 2 aromatic carbocycles. The van der Waals surface area contributed by atoms with Crippen LogP contribution < -0.4 is 26.2 Å². The molecule has 1 aliphatic heterocycles. The van der Waals surface area contributed by atoms with Crippen LogP contribution in [0.1, 0.15) is 70.8 Å². The quantitative estimate of drug-likeness (QED) is 0.276. The molecular weight excluding hydrogens is 584 g/mol. The molecule has 0 spiro atoms. The molecular formula is C35H56N6O5. The van der Waals surface area contributed by atoms with Crippen molar-refractivity contribution in [3.05, 3.63) is 65.7 Å². The van der Waals surface area contributed by atoms with Gasteiger partial charge in [-0.3, -0.25) is 24.0 Å². The average molecular weight is 641 g/mol. The lowest BCUT2D eigenvalue weighted by Gasteiger charge is -2.34. The largest absolute Gasteiger partial charge is 0.369 e. The number of piperazine rings is 1. The maximum absolute atomic E-state index is 11.7. The van der Waals surface area contributed by atoms with E-state index in [0.29, 0.717) is 12.1 Å². The highest BCUT2D eigenvalue weighted by Crippen LogP contribution is 2.17. The number of benzene rings is 2. The lowest BCUT2D eigenvalue weighted by Crippen LogP contribution is -2.48. The van der Waals surface area contributed by atoms with E-state index in [1.165, 1.54) is 26.0 Å². The summed E-state index contributed by atoms with van der Waals surface area (Å²) in [5.41, 5.74) is 2.85. The van der Waals surface area contributed by atoms with Gasteiger partial charge in [0.1, 0.15) is 11.8 Å². The first-order chi connectivity index (χ1) is 21.8. The molecule has 46 heavy (non-hydrogen) atoms. The molecule has 4 amide bonds. The number of Topliss-reactive ketones (excluding diaryl/α,β-unsaturated/α-hetero) is 1. The van der Waals surface area contributed by atoms with Gasteiger partial charge >= 0.3 is 0 Å². The van der Waals surface area contributed by atoms with Crippen molar-refractivity contribution in [2.75, 3.05) is 51.2 Å². The van der Waals surface area contributed by atoms with E-state index in [1.54, 1.807) is 30.3 Å². The fraction of sp³-hybridized carbons (Fsp3) is 0.514. The summed E-state index contributed by atoms with van der Waals surface area (Å²) < 4.78 is 0. The first-order valence-corrected chi connectivity index (χ1v) is 15.9. The van der Waals surface area contributed by atoms with Crippen LogP contribution in [0.25, 0.3) is 0 Å². The van der Waals surface area contributed by atoms with E-state index in [1.807, 2.05) is 6.07 Å². The Labute approximate surface area is 275 Å². The zero-order chi connectivity index (χ0) is 34.9. The van der Waals surface area contributed by atoms with Gasteiger partial charge in [-0.25, -0.2) is 0 Å². The molecule has 0 aromatic heterocycles. The summed E-state index contributed by atoms with van der Waals surface area (Å²) in [5.74, 6) is -0.667. The summed E-state index contributed by atoms with van der Waals surface area (Å²) in [6, 6.07) is 16.1. The molecule has 1 saturated heterocycles. The molecule has 1 atom stereocenters. The Morgan fingerprint density at radius 3 is 1.98 bits per heavy atom. The Hall–Kier alpha value is -4.25. The van der Waals surface area contributed by atoms with Gasteiger partial charge < -0.3 is 31.1 Å². The number of hydrogen-bond donors (Lipinski definition) is 4. The van der Waals surface area contributed by atoms with Gasteiger partial charge in [-0.1, -0.05) is 71.4 Å². The van der Waals surface area contributed by atoms with Crippen molar-refractivity contribution in [2.24, 2.45) is 5.92 Å². The number of ketones is 1. The minimum Gasteiger partial charge on any atom is -0.369 e. The number of anilines is 1. The fourth-order valence-corrected chi connectivity index (χ4v) is 3.66. The molecule has 3 rings (SSSR count). The fourth-order valence-electron chi connectivity index (χ4n) is 3.66. The van der Waals surface area contributed by atoms with Gasteiger partial charge in [0, 0.05) is 44.0 Å². The number of hydrogen-bond acceptors (Lipinski definition) is 7. The number of carbonyl (C=O) groups is 5. The Bertz CT molecular complexity index is 1160. The number of rotatable bonds is 11. The predicted molar refractivity (Wildman–Crippen MR) is 186 cm³/mol. The van der Waals surface area contributed by atoms with E-state index in [2.05, 4.69) is 90.9 Å². The summed E-state index contributed by atoms with van der Waals surface area (Å²) in [5, 5.41) is 9.97. The molecule has 0 unspecified atom stereocenters. The molecule has 0 bridgehead atoms. The van der Waals surface area contributed by atoms with Crippen molar-refractivity contribution in [3.63, 3.8) is 0 Å². The molecule has 0 saturated carbocycles. The highest BCUT2D eigenvalue weighted by atomic mass is 16.2. The number of amides is 4. The summed E-state index contributed by atoms with van der Waals surface area (Å²) in [7, 11) is 2.15. The zero-order valence-corrected chi connectivity index (χ0v) is 29.0. The third kappa shape index (κ3) is 20.7. The molecule has 1 fully saturated rings. The number of nitrogens with one attached hydrogen (secondary N) is 4. The SMILES string of the molecule is CC(=O)CNC(=O)[C@H](C)NC(=O)CNC(=O)c1ccccc1.CC(C)C.CCC.CN1CCN(c2cccc(CNC=O)c2)CC1. The molecule has 0 radical (unpaired) electrons. The summed E-state index contributed by atoms with van der Waals surface area (Å²) in [6.07, 6.45) is 1.99. The van der Waals surface area contributed by atoms with Crippen LogP contribution in [0.2, 0.25) is 0 Å². The second kappa shape index (κ2) is 25.0. The lowest BCUT2D eigenvalue weighted by molar-refractivity contribution is -0.129. The average Bonchev–Trinajstić information content (AvgIpc) is 3.02. The Morgan fingerprint density at radius 2 is 1.43 bits per heavy atom. The van der Waals surface area contributed by atoms with Gasteiger partial charge in [-0.2, -0.15) is 0 Å². The van der Waals surface area contributed by atoms with Crippen molar-refractivity contribution in [1.29, 1.82) is 0 Å². The minimum atomic E-state index is -0.791. The first kappa shape index (κ1) is 41.8. The van der Waals surface area contributed by atoms with Crippen molar-refractivity contribution in [2.45, 2.75) is 67.5 Å². The third-order valence-electron chi connectivity index (χ3n) is 5.90. The van der Waals surface area contributed by atoms with Gasteiger partial charge in [0.2, 0.25) is 18.2 Å². The van der Waals surface area contributed by atoms with Crippen LogP contribution in [0.4, 0.5) is 5.69 Å². The van der Waals surface area contributed by atoms with Crippen LogP contribution in [-0.4, -0.2) is 87.2 Å². The number of nitrogens with zero attached hydrogens (tertiary/aromatic N) is 2. The third-order valence-corrected chi connectivity index (χ3v) is 5.90. The van der Waals surface area contributed by atoms with Gasteiger partial charge in [-0.05, 0) is 56.6 Å². The smallest absolute Gasteiger partial charge is 0.251 e. The highest BCUT2D eigenvalue weighted by molar-refractivity contribution is 5.97. The normalized spacial score (nSPS) is 12.8. The van der Waals surface area contributed by atoms with E-state index >= 15 is 0 Å². The summed E-state index contributed by atoms with van der Waals surface area (Å²) in [6.45, 7) is 18.2. The number of likely N-dealkylation sites (N-methyl/N-ethyl adjacent to an activating group) is 1. The van der Waals surface area contributed by atoms with Crippen LogP contribution in [0.15, 0.2) is 54.6 Å². The van der Waals surface area contributed by atoms with E-state index in [4.69, 9.17) is 0 Å². The van der Waals surface area contributed by atoms with E-state index < -0.39 is 17.9 Å². The number of carbonyl (C=O) groups excluding carboxylic acids is 5. The van der Waals surface area contributed by atoms with Crippen molar-refractivity contribution in [3.8, 4) is 0 Å². The Kier molecular flexibility index (Phi) is 22.7. The second-order valence-electron chi connectivity index (χ2n) is 11.7. The van der Waals surface area contributed by atoms with Crippen LogP contribution in [0, 0.1) is 5.92 Å². The first-order valence-electron chi connectivity index (χ1n) is 15.9.